The maximum atomic E-state index is 13.9. The van der Waals surface area contributed by atoms with Crippen LogP contribution in [0.2, 0.25) is 0 Å². The molecule has 0 heterocycles. The van der Waals surface area contributed by atoms with E-state index in [-0.39, 0.29) is 11.3 Å². The van der Waals surface area contributed by atoms with Crippen molar-refractivity contribution in [2.45, 2.75) is 6.04 Å². The number of nitrogens with one attached hydrogen (secondary N) is 1. The summed E-state index contributed by atoms with van der Waals surface area (Å²) in [5.74, 6) is -2.63. The van der Waals surface area contributed by atoms with Crippen LogP contribution in [0.3, 0.4) is 0 Å². The van der Waals surface area contributed by atoms with E-state index in [1.165, 1.54) is 12.1 Å². The second kappa shape index (κ2) is 6.04. The van der Waals surface area contributed by atoms with Crippen LogP contribution in [-0.2, 0) is 4.79 Å². The van der Waals surface area contributed by atoms with Gasteiger partial charge >= 0.3 is 5.97 Å². The molecule has 0 bridgehead atoms. The highest BCUT2D eigenvalue weighted by Gasteiger charge is 2.20. The van der Waals surface area contributed by atoms with Crippen LogP contribution in [0.1, 0.15) is 22.0 Å². The molecule has 0 aliphatic carbocycles. The largest absolute Gasteiger partial charge is 0.479 e. The van der Waals surface area contributed by atoms with E-state index in [4.69, 9.17) is 5.73 Å². The lowest BCUT2D eigenvalue weighted by molar-refractivity contribution is -0.138. The standard InChI is InChI=1S/C15H13FN2O3/c16-11-8-10(14(17)19)6-7-12(11)18-13(15(20)21)9-4-2-1-3-5-9/h1-8,13,18H,(H2,17,19)(H,20,21). The summed E-state index contributed by atoms with van der Waals surface area (Å²) < 4.78 is 13.9. The highest BCUT2D eigenvalue weighted by atomic mass is 19.1. The molecule has 0 radical (unpaired) electrons. The highest BCUT2D eigenvalue weighted by Crippen LogP contribution is 2.23. The fourth-order valence-corrected chi connectivity index (χ4v) is 1.87. The minimum atomic E-state index is -1.14. The number of carbonyl (C=O) groups is 2. The lowest BCUT2D eigenvalue weighted by atomic mass is 10.1. The van der Waals surface area contributed by atoms with Crippen LogP contribution in [0, 0.1) is 5.82 Å². The molecule has 1 unspecified atom stereocenters. The van der Waals surface area contributed by atoms with Crippen molar-refractivity contribution < 1.29 is 19.1 Å². The Bertz CT molecular complexity index is 674. The van der Waals surface area contributed by atoms with Crippen LogP contribution < -0.4 is 11.1 Å². The van der Waals surface area contributed by atoms with Crippen LogP contribution in [0.15, 0.2) is 48.5 Å². The first-order valence-electron chi connectivity index (χ1n) is 6.12. The zero-order valence-corrected chi connectivity index (χ0v) is 10.9. The summed E-state index contributed by atoms with van der Waals surface area (Å²) in [6.07, 6.45) is 0. The van der Waals surface area contributed by atoms with Crippen molar-refractivity contribution in [3.05, 3.63) is 65.5 Å². The molecule has 0 aliphatic rings. The van der Waals surface area contributed by atoms with Crippen molar-refractivity contribution in [1.29, 1.82) is 0 Å². The Morgan fingerprint density at radius 3 is 2.33 bits per heavy atom. The molecular weight excluding hydrogens is 275 g/mol. The highest BCUT2D eigenvalue weighted by molar-refractivity contribution is 5.93. The van der Waals surface area contributed by atoms with Crippen molar-refractivity contribution >= 4 is 17.6 Å². The van der Waals surface area contributed by atoms with Crippen LogP contribution >= 0.6 is 0 Å². The summed E-state index contributed by atoms with van der Waals surface area (Å²) >= 11 is 0. The average Bonchev–Trinajstić information content (AvgIpc) is 2.46. The van der Waals surface area contributed by atoms with Gasteiger partial charge in [0.15, 0.2) is 6.04 Å². The Morgan fingerprint density at radius 1 is 1.14 bits per heavy atom. The number of benzene rings is 2. The Balaban J connectivity index is 2.30. The molecule has 2 aromatic carbocycles. The Morgan fingerprint density at radius 2 is 1.81 bits per heavy atom. The van der Waals surface area contributed by atoms with Crippen molar-refractivity contribution in [1.82, 2.24) is 0 Å². The van der Waals surface area contributed by atoms with Gasteiger partial charge in [0.2, 0.25) is 5.91 Å². The molecular formula is C15H13FN2O3. The second-order valence-corrected chi connectivity index (χ2v) is 4.39. The number of halogens is 1. The normalized spacial score (nSPS) is 11.7. The molecule has 1 amide bonds. The lowest BCUT2D eigenvalue weighted by Gasteiger charge is -2.16. The SMILES string of the molecule is NC(=O)c1ccc(NC(C(=O)O)c2ccccc2)c(F)c1. The summed E-state index contributed by atoms with van der Waals surface area (Å²) in [5, 5.41) is 11.9. The molecule has 0 aromatic heterocycles. The third kappa shape index (κ3) is 3.36. The Labute approximate surface area is 120 Å². The van der Waals surface area contributed by atoms with Crippen molar-refractivity contribution in [3.63, 3.8) is 0 Å². The summed E-state index contributed by atoms with van der Waals surface area (Å²) in [4.78, 5) is 22.3. The predicted molar refractivity (Wildman–Crippen MR) is 75.4 cm³/mol. The fourth-order valence-electron chi connectivity index (χ4n) is 1.87. The van der Waals surface area contributed by atoms with Crippen molar-refractivity contribution in [2.24, 2.45) is 5.73 Å². The molecule has 0 spiro atoms. The molecule has 0 saturated heterocycles. The van der Waals surface area contributed by atoms with Gasteiger partial charge in [-0.2, -0.15) is 0 Å². The van der Waals surface area contributed by atoms with Crippen LogP contribution in [0.4, 0.5) is 10.1 Å². The molecule has 4 N–H and O–H groups in total. The predicted octanol–water partition coefficient (Wildman–Crippen LogP) is 2.16. The van der Waals surface area contributed by atoms with E-state index in [0.29, 0.717) is 5.56 Å². The molecule has 0 fully saturated rings. The van der Waals surface area contributed by atoms with Gasteiger partial charge < -0.3 is 16.2 Å². The average molecular weight is 288 g/mol. The smallest absolute Gasteiger partial charge is 0.330 e. The molecule has 6 heteroatoms. The van der Waals surface area contributed by atoms with Gasteiger partial charge in [0, 0.05) is 5.56 Å². The van der Waals surface area contributed by atoms with Crippen LogP contribution in [-0.4, -0.2) is 17.0 Å². The zero-order chi connectivity index (χ0) is 15.4. The Kier molecular flexibility index (Phi) is 4.18. The van der Waals surface area contributed by atoms with E-state index in [9.17, 15) is 19.1 Å². The van der Waals surface area contributed by atoms with Gasteiger partial charge in [-0.3, -0.25) is 4.79 Å². The van der Waals surface area contributed by atoms with Crippen LogP contribution in [0.25, 0.3) is 0 Å². The maximum Gasteiger partial charge on any atom is 0.330 e. The fraction of sp³-hybridized carbons (Fsp3) is 0.0667. The summed E-state index contributed by atoms with van der Waals surface area (Å²) in [6.45, 7) is 0. The molecule has 0 saturated carbocycles. The number of hydrogen-bond acceptors (Lipinski definition) is 3. The van der Waals surface area contributed by atoms with E-state index < -0.39 is 23.7 Å². The quantitative estimate of drug-likeness (QED) is 0.786. The maximum absolute atomic E-state index is 13.9. The number of hydrogen-bond donors (Lipinski definition) is 3. The second-order valence-electron chi connectivity index (χ2n) is 4.39. The topological polar surface area (TPSA) is 92.4 Å². The van der Waals surface area contributed by atoms with Gasteiger partial charge in [-0.15, -0.1) is 0 Å². The third-order valence-corrected chi connectivity index (χ3v) is 2.93. The van der Waals surface area contributed by atoms with Gasteiger partial charge in [0.1, 0.15) is 5.82 Å². The first-order valence-corrected chi connectivity index (χ1v) is 6.12. The molecule has 1 atom stereocenters. The van der Waals surface area contributed by atoms with Crippen molar-refractivity contribution in [3.8, 4) is 0 Å². The summed E-state index contributed by atoms with van der Waals surface area (Å²) in [6, 6.07) is 10.9. The third-order valence-electron chi connectivity index (χ3n) is 2.93. The molecule has 0 aliphatic heterocycles. The van der Waals surface area contributed by atoms with E-state index >= 15 is 0 Å². The van der Waals surface area contributed by atoms with E-state index in [1.54, 1.807) is 30.3 Å². The summed E-state index contributed by atoms with van der Waals surface area (Å²) in [5.41, 5.74) is 5.54. The van der Waals surface area contributed by atoms with Crippen molar-refractivity contribution in [2.75, 3.05) is 5.32 Å². The number of carbonyl (C=O) groups excluding carboxylic acids is 1. The number of primary amides is 1. The monoisotopic (exact) mass is 288 g/mol. The van der Waals surface area contributed by atoms with E-state index in [0.717, 1.165) is 6.07 Å². The molecule has 2 aromatic rings. The summed E-state index contributed by atoms with van der Waals surface area (Å²) in [7, 11) is 0. The van der Waals surface area contributed by atoms with Gasteiger partial charge in [0.05, 0.1) is 5.69 Å². The minimum Gasteiger partial charge on any atom is -0.479 e. The van der Waals surface area contributed by atoms with Gasteiger partial charge in [-0.1, -0.05) is 30.3 Å². The molecule has 108 valence electrons. The molecule has 21 heavy (non-hydrogen) atoms. The number of aliphatic carboxylic acids is 1. The van der Waals surface area contributed by atoms with E-state index in [2.05, 4.69) is 5.32 Å². The molecule has 5 nitrogen and oxygen atoms in total. The first-order chi connectivity index (χ1) is 9.99. The van der Waals surface area contributed by atoms with Gasteiger partial charge in [-0.05, 0) is 23.8 Å². The number of anilines is 1. The van der Waals surface area contributed by atoms with E-state index in [1.807, 2.05) is 0 Å². The number of nitrogens with two attached hydrogens (primary N) is 1. The number of rotatable bonds is 5. The van der Waals surface area contributed by atoms with Gasteiger partial charge in [0.25, 0.3) is 0 Å². The van der Waals surface area contributed by atoms with Crippen LogP contribution in [0.5, 0.6) is 0 Å². The number of carboxylic acid groups (broad SMARTS) is 1. The lowest BCUT2D eigenvalue weighted by Crippen LogP contribution is -2.21. The molecule has 2 rings (SSSR count). The Hall–Kier alpha value is -2.89. The number of carboxylic acids is 1. The number of amides is 1. The minimum absolute atomic E-state index is 0.0174. The first kappa shape index (κ1) is 14.5. The zero-order valence-electron chi connectivity index (χ0n) is 10.9. The van der Waals surface area contributed by atoms with Gasteiger partial charge in [-0.25, -0.2) is 9.18 Å².